The van der Waals surface area contributed by atoms with Gasteiger partial charge in [0.1, 0.15) is 0 Å². The van der Waals surface area contributed by atoms with Gasteiger partial charge >= 0.3 is 0 Å². The number of aryl methyl sites for hydroxylation is 1. The lowest BCUT2D eigenvalue weighted by Gasteiger charge is -2.04. The lowest BCUT2D eigenvalue weighted by molar-refractivity contribution is 0.446. The normalized spacial score (nSPS) is 10.3. The Morgan fingerprint density at radius 3 is 2.04 bits per heavy atom. The van der Waals surface area contributed by atoms with E-state index in [4.69, 9.17) is 0 Å². The second-order valence-electron chi connectivity index (χ2n) is 5.87. The molecule has 0 unspecified atom stereocenters. The largest absolute Gasteiger partial charge is 0.251 e. The van der Waals surface area contributed by atoms with Gasteiger partial charge in [0.25, 0.3) is 5.95 Å². The van der Waals surface area contributed by atoms with Crippen molar-refractivity contribution >= 4 is 0 Å². The third-order valence-corrected chi connectivity index (χ3v) is 3.94. The van der Waals surface area contributed by atoms with Gasteiger partial charge in [-0.15, -0.1) is 0 Å². The lowest BCUT2D eigenvalue weighted by Crippen LogP contribution is -1.97. The van der Waals surface area contributed by atoms with Crippen LogP contribution >= 0.6 is 0 Å². The van der Waals surface area contributed by atoms with Gasteiger partial charge in [-0.2, -0.15) is 13.8 Å². The zero-order valence-electron chi connectivity index (χ0n) is 14.2. The Balaban J connectivity index is 1.79. The van der Waals surface area contributed by atoms with Crippen molar-refractivity contribution in [2.45, 2.75) is 19.8 Å². The van der Waals surface area contributed by atoms with E-state index in [1.807, 2.05) is 12.1 Å². The zero-order chi connectivity index (χ0) is 18.5. The molecule has 3 rings (SSSR count). The summed E-state index contributed by atoms with van der Waals surface area (Å²) in [4.78, 5) is 2.85. The van der Waals surface area contributed by atoms with E-state index in [1.54, 1.807) is 12.1 Å². The van der Waals surface area contributed by atoms with Crippen LogP contribution in [0.3, 0.4) is 0 Å². The molecule has 0 N–H and O–H groups in total. The van der Waals surface area contributed by atoms with Crippen LogP contribution in [0.1, 0.15) is 30.0 Å². The van der Waals surface area contributed by atoms with E-state index in [0.717, 1.165) is 24.0 Å². The summed E-state index contributed by atoms with van der Waals surface area (Å²) in [5.41, 5.74) is 3.81. The Bertz CT molecular complexity index is 965. The Labute approximate surface area is 150 Å². The first-order chi connectivity index (χ1) is 12.6. The van der Waals surface area contributed by atoms with Crippen LogP contribution in [0.2, 0.25) is 0 Å². The molecule has 0 aliphatic rings. The Kier molecular flexibility index (Phi) is 5.38. The van der Waals surface area contributed by atoms with Crippen molar-refractivity contribution in [2.24, 2.45) is 0 Å². The molecular weight excluding hydrogens is 335 g/mol. The van der Waals surface area contributed by atoms with Crippen molar-refractivity contribution in [1.82, 2.24) is 4.98 Å². The maximum Gasteiger partial charge on any atom is 0.251 e. The van der Waals surface area contributed by atoms with Crippen LogP contribution < -0.4 is 0 Å². The SMILES string of the molecule is CCCc1ccc(-c2ccc(C#Cc3cc(F)c(F)nc3F)cc2)cc1. The van der Waals surface area contributed by atoms with E-state index in [-0.39, 0.29) is 5.56 Å². The van der Waals surface area contributed by atoms with Crippen LogP contribution in [-0.4, -0.2) is 4.98 Å². The fraction of sp³-hybridized carbons (Fsp3) is 0.136. The summed E-state index contributed by atoms with van der Waals surface area (Å²) < 4.78 is 39.4. The molecule has 1 heterocycles. The van der Waals surface area contributed by atoms with E-state index in [2.05, 4.69) is 48.0 Å². The van der Waals surface area contributed by atoms with Crippen molar-refractivity contribution in [1.29, 1.82) is 0 Å². The highest BCUT2D eigenvalue weighted by molar-refractivity contribution is 5.64. The van der Waals surface area contributed by atoms with Crippen LogP contribution in [0, 0.1) is 29.6 Å². The first-order valence-electron chi connectivity index (χ1n) is 8.29. The topological polar surface area (TPSA) is 12.9 Å². The van der Waals surface area contributed by atoms with Crippen molar-refractivity contribution in [3.63, 3.8) is 0 Å². The van der Waals surface area contributed by atoms with Gasteiger partial charge in [0.2, 0.25) is 5.95 Å². The van der Waals surface area contributed by atoms with Crippen molar-refractivity contribution in [3.05, 3.63) is 89.0 Å². The first kappa shape index (κ1) is 17.8. The number of halogens is 3. The van der Waals surface area contributed by atoms with E-state index >= 15 is 0 Å². The number of rotatable bonds is 3. The predicted molar refractivity (Wildman–Crippen MR) is 96.0 cm³/mol. The molecule has 0 atom stereocenters. The van der Waals surface area contributed by atoms with Crippen LogP contribution in [0.4, 0.5) is 13.2 Å². The maximum atomic E-state index is 13.5. The van der Waals surface area contributed by atoms with Gasteiger partial charge in [0.15, 0.2) is 5.82 Å². The molecule has 0 spiro atoms. The number of benzene rings is 2. The summed E-state index contributed by atoms with van der Waals surface area (Å²) >= 11 is 0. The number of aromatic nitrogens is 1. The molecule has 0 saturated carbocycles. The molecule has 1 aromatic heterocycles. The van der Waals surface area contributed by atoms with Gasteiger partial charge in [-0.1, -0.05) is 61.6 Å². The summed E-state index contributed by atoms with van der Waals surface area (Å²) in [6, 6.07) is 16.5. The van der Waals surface area contributed by atoms with E-state index in [9.17, 15) is 13.2 Å². The summed E-state index contributed by atoms with van der Waals surface area (Å²) in [5.74, 6) is 1.40. The molecule has 0 aliphatic heterocycles. The van der Waals surface area contributed by atoms with Crippen molar-refractivity contribution in [2.75, 3.05) is 0 Å². The Hall–Kier alpha value is -3.06. The van der Waals surface area contributed by atoms with Crippen LogP contribution in [0.15, 0.2) is 54.6 Å². The lowest BCUT2D eigenvalue weighted by atomic mass is 10.0. The van der Waals surface area contributed by atoms with Crippen LogP contribution in [0.5, 0.6) is 0 Å². The third-order valence-electron chi connectivity index (χ3n) is 3.94. The van der Waals surface area contributed by atoms with Gasteiger partial charge in [0, 0.05) is 5.56 Å². The highest BCUT2D eigenvalue weighted by atomic mass is 19.2. The summed E-state index contributed by atoms with van der Waals surface area (Å²) in [5, 5.41) is 0. The smallest absolute Gasteiger partial charge is 0.202 e. The quantitative estimate of drug-likeness (QED) is 0.447. The molecule has 2 aromatic carbocycles. The maximum absolute atomic E-state index is 13.5. The van der Waals surface area contributed by atoms with Gasteiger partial charge in [0.05, 0.1) is 5.56 Å². The molecule has 0 radical (unpaired) electrons. The van der Waals surface area contributed by atoms with Gasteiger partial charge in [-0.25, -0.2) is 4.39 Å². The second-order valence-corrected chi connectivity index (χ2v) is 5.87. The average molecular weight is 351 g/mol. The average Bonchev–Trinajstić information content (AvgIpc) is 2.65. The minimum atomic E-state index is -1.47. The Morgan fingerprint density at radius 1 is 0.808 bits per heavy atom. The molecule has 130 valence electrons. The molecule has 4 heteroatoms. The van der Waals surface area contributed by atoms with E-state index in [1.165, 1.54) is 5.56 Å². The van der Waals surface area contributed by atoms with Crippen LogP contribution in [0.25, 0.3) is 11.1 Å². The highest BCUT2D eigenvalue weighted by Crippen LogP contribution is 2.21. The first-order valence-corrected chi connectivity index (χ1v) is 8.29. The predicted octanol–water partition coefficient (Wildman–Crippen LogP) is 5.52. The van der Waals surface area contributed by atoms with Gasteiger partial charge in [-0.3, -0.25) is 0 Å². The fourth-order valence-corrected chi connectivity index (χ4v) is 2.57. The third kappa shape index (κ3) is 4.12. The zero-order valence-corrected chi connectivity index (χ0v) is 14.2. The molecule has 3 aromatic rings. The molecule has 1 nitrogen and oxygen atoms in total. The highest BCUT2D eigenvalue weighted by Gasteiger charge is 2.09. The Morgan fingerprint density at radius 2 is 1.42 bits per heavy atom. The standard InChI is InChI=1S/C22H16F3N/c1-2-3-15-4-9-17(10-5-15)18-11-6-16(7-12-18)8-13-19-14-20(23)22(25)26-21(19)24/h4-7,9-12,14H,2-3H2,1H3. The minimum absolute atomic E-state index is 0.278. The number of hydrogen-bond acceptors (Lipinski definition) is 1. The number of nitrogens with zero attached hydrogens (tertiary/aromatic N) is 1. The number of pyridine rings is 1. The number of hydrogen-bond donors (Lipinski definition) is 0. The molecular formula is C22H16F3N. The summed E-state index contributed by atoms with van der Waals surface area (Å²) in [6.07, 6.45) is 2.17. The molecule has 0 aliphatic carbocycles. The van der Waals surface area contributed by atoms with Gasteiger partial charge in [-0.05, 0) is 41.3 Å². The van der Waals surface area contributed by atoms with Gasteiger partial charge < -0.3 is 0 Å². The molecule has 26 heavy (non-hydrogen) atoms. The fourth-order valence-electron chi connectivity index (χ4n) is 2.57. The molecule has 0 fully saturated rings. The molecule has 0 bridgehead atoms. The van der Waals surface area contributed by atoms with E-state index in [0.29, 0.717) is 11.6 Å². The van der Waals surface area contributed by atoms with Crippen molar-refractivity contribution < 1.29 is 13.2 Å². The monoisotopic (exact) mass is 351 g/mol. The molecule has 0 amide bonds. The van der Waals surface area contributed by atoms with Crippen molar-refractivity contribution in [3.8, 4) is 23.0 Å². The minimum Gasteiger partial charge on any atom is -0.202 e. The van der Waals surface area contributed by atoms with E-state index < -0.39 is 17.7 Å². The molecule has 0 saturated heterocycles. The second kappa shape index (κ2) is 7.88. The van der Waals surface area contributed by atoms with Crippen LogP contribution in [-0.2, 0) is 6.42 Å². The summed E-state index contributed by atoms with van der Waals surface area (Å²) in [6.45, 7) is 2.15. The summed E-state index contributed by atoms with van der Waals surface area (Å²) in [7, 11) is 0.